The number of hydrogen-bond acceptors (Lipinski definition) is 4. The molecule has 2 aromatic carbocycles. The largest absolute Gasteiger partial charge is 0.449 e. The smallest absolute Gasteiger partial charge is 0.338 e. The minimum Gasteiger partial charge on any atom is -0.449 e. The SMILES string of the molecule is CC(OC(=O)c1ccc(-c2ccccc2)cc1)C(=O)NC(N)=O. The number of nitrogens with one attached hydrogen (secondary N) is 1. The number of urea groups is 1. The molecule has 0 bridgehead atoms. The topological polar surface area (TPSA) is 98.5 Å². The molecule has 3 amide bonds. The Hall–Kier alpha value is -3.15. The Bertz CT molecular complexity index is 711. The first-order chi connectivity index (χ1) is 11.0. The molecular weight excluding hydrogens is 296 g/mol. The molecule has 118 valence electrons. The first-order valence-corrected chi connectivity index (χ1v) is 6.94. The van der Waals surface area contributed by atoms with Crippen LogP contribution in [0.4, 0.5) is 4.79 Å². The van der Waals surface area contributed by atoms with Crippen molar-refractivity contribution in [1.82, 2.24) is 5.32 Å². The summed E-state index contributed by atoms with van der Waals surface area (Å²) in [5.74, 6) is -1.43. The summed E-state index contributed by atoms with van der Waals surface area (Å²) < 4.78 is 4.99. The maximum atomic E-state index is 12.0. The first kappa shape index (κ1) is 16.2. The molecule has 0 spiro atoms. The Balaban J connectivity index is 2.03. The van der Waals surface area contributed by atoms with Gasteiger partial charge in [0, 0.05) is 0 Å². The van der Waals surface area contributed by atoms with Gasteiger partial charge in [-0.05, 0) is 30.2 Å². The number of esters is 1. The highest BCUT2D eigenvalue weighted by Crippen LogP contribution is 2.19. The van der Waals surface area contributed by atoms with Crippen LogP contribution in [0.15, 0.2) is 54.6 Å². The van der Waals surface area contributed by atoms with Gasteiger partial charge < -0.3 is 10.5 Å². The lowest BCUT2D eigenvalue weighted by atomic mass is 10.0. The number of ether oxygens (including phenoxy) is 1. The van der Waals surface area contributed by atoms with E-state index in [1.54, 1.807) is 24.3 Å². The van der Waals surface area contributed by atoms with Gasteiger partial charge in [-0.15, -0.1) is 0 Å². The minimum atomic E-state index is -1.12. The molecule has 6 heteroatoms. The highest BCUT2D eigenvalue weighted by molar-refractivity contribution is 5.98. The number of rotatable bonds is 4. The van der Waals surface area contributed by atoms with Gasteiger partial charge in [-0.3, -0.25) is 10.1 Å². The second-order valence-electron chi connectivity index (χ2n) is 4.84. The lowest BCUT2D eigenvalue weighted by Gasteiger charge is -2.12. The summed E-state index contributed by atoms with van der Waals surface area (Å²) in [7, 11) is 0. The van der Waals surface area contributed by atoms with Crippen LogP contribution in [0.3, 0.4) is 0 Å². The molecule has 1 unspecified atom stereocenters. The molecule has 0 aliphatic heterocycles. The molecule has 0 aliphatic carbocycles. The van der Waals surface area contributed by atoms with E-state index < -0.39 is 24.0 Å². The van der Waals surface area contributed by atoms with Gasteiger partial charge in [0.1, 0.15) is 0 Å². The normalized spacial score (nSPS) is 11.3. The predicted molar refractivity (Wildman–Crippen MR) is 84.5 cm³/mol. The third kappa shape index (κ3) is 4.41. The summed E-state index contributed by atoms with van der Waals surface area (Å²) in [5.41, 5.74) is 7.13. The second-order valence-corrected chi connectivity index (χ2v) is 4.84. The lowest BCUT2D eigenvalue weighted by Crippen LogP contribution is -2.42. The minimum absolute atomic E-state index is 0.309. The Labute approximate surface area is 133 Å². The highest BCUT2D eigenvalue weighted by Gasteiger charge is 2.19. The summed E-state index contributed by atoms with van der Waals surface area (Å²) in [6.07, 6.45) is -1.12. The number of carbonyl (C=O) groups excluding carboxylic acids is 3. The van der Waals surface area contributed by atoms with E-state index in [4.69, 9.17) is 10.5 Å². The number of primary amides is 1. The van der Waals surface area contributed by atoms with E-state index in [-0.39, 0.29) is 0 Å². The van der Waals surface area contributed by atoms with Crippen molar-refractivity contribution in [3.63, 3.8) is 0 Å². The Morgan fingerprint density at radius 2 is 1.52 bits per heavy atom. The van der Waals surface area contributed by atoms with Crippen LogP contribution in [-0.2, 0) is 9.53 Å². The molecule has 0 heterocycles. The van der Waals surface area contributed by atoms with Crippen LogP contribution in [0.1, 0.15) is 17.3 Å². The monoisotopic (exact) mass is 312 g/mol. The van der Waals surface area contributed by atoms with E-state index in [9.17, 15) is 14.4 Å². The summed E-state index contributed by atoms with van der Waals surface area (Å²) in [6, 6.07) is 15.5. The number of nitrogens with two attached hydrogens (primary N) is 1. The van der Waals surface area contributed by atoms with Gasteiger partial charge in [0.15, 0.2) is 6.10 Å². The van der Waals surface area contributed by atoms with E-state index in [0.29, 0.717) is 5.56 Å². The van der Waals surface area contributed by atoms with Crippen LogP contribution in [0.25, 0.3) is 11.1 Å². The van der Waals surface area contributed by atoms with E-state index in [2.05, 4.69) is 0 Å². The van der Waals surface area contributed by atoms with Gasteiger partial charge >= 0.3 is 12.0 Å². The number of imide groups is 1. The van der Waals surface area contributed by atoms with Crippen molar-refractivity contribution in [2.45, 2.75) is 13.0 Å². The van der Waals surface area contributed by atoms with Crippen molar-refractivity contribution in [2.75, 3.05) is 0 Å². The number of hydrogen-bond donors (Lipinski definition) is 2. The molecule has 2 aromatic rings. The van der Waals surface area contributed by atoms with Gasteiger partial charge in [-0.25, -0.2) is 9.59 Å². The first-order valence-electron chi connectivity index (χ1n) is 6.94. The number of amides is 3. The van der Waals surface area contributed by atoms with Gasteiger partial charge in [0.05, 0.1) is 5.56 Å². The molecular formula is C17H16N2O4. The molecule has 0 fully saturated rings. The summed E-state index contributed by atoms with van der Waals surface area (Å²) in [6.45, 7) is 1.36. The maximum absolute atomic E-state index is 12.0. The second kappa shape index (κ2) is 7.22. The Morgan fingerprint density at radius 3 is 2.09 bits per heavy atom. The van der Waals surface area contributed by atoms with Crippen LogP contribution >= 0.6 is 0 Å². The lowest BCUT2D eigenvalue weighted by molar-refractivity contribution is -0.127. The Kier molecular flexibility index (Phi) is 5.09. The predicted octanol–water partition coefficient (Wildman–Crippen LogP) is 2.09. The molecule has 0 aliphatic rings. The number of carbonyl (C=O) groups is 3. The zero-order chi connectivity index (χ0) is 16.8. The fourth-order valence-electron chi connectivity index (χ4n) is 1.93. The fraction of sp³-hybridized carbons (Fsp3) is 0.118. The van der Waals surface area contributed by atoms with Crippen molar-refractivity contribution in [1.29, 1.82) is 0 Å². The zero-order valence-electron chi connectivity index (χ0n) is 12.5. The van der Waals surface area contributed by atoms with Crippen molar-refractivity contribution < 1.29 is 19.1 Å². The van der Waals surface area contributed by atoms with Crippen LogP contribution in [0.5, 0.6) is 0 Å². The van der Waals surface area contributed by atoms with E-state index in [1.807, 2.05) is 35.6 Å². The average Bonchev–Trinajstić information content (AvgIpc) is 2.55. The van der Waals surface area contributed by atoms with Gasteiger partial charge in [0.2, 0.25) is 0 Å². The maximum Gasteiger partial charge on any atom is 0.338 e. The molecule has 0 radical (unpaired) electrons. The third-order valence-corrected chi connectivity index (χ3v) is 3.13. The van der Waals surface area contributed by atoms with E-state index in [0.717, 1.165) is 11.1 Å². The molecule has 3 N–H and O–H groups in total. The molecule has 2 rings (SSSR count). The molecule has 0 aromatic heterocycles. The summed E-state index contributed by atoms with van der Waals surface area (Å²) in [5, 5.41) is 1.85. The van der Waals surface area contributed by atoms with Crippen LogP contribution in [0, 0.1) is 0 Å². The Morgan fingerprint density at radius 1 is 0.957 bits per heavy atom. The highest BCUT2D eigenvalue weighted by atomic mass is 16.5. The molecule has 23 heavy (non-hydrogen) atoms. The van der Waals surface area contributed by atoms with Crippen LogP contribution < -0.4 is 11.1 Å². The summed E-state index contributed by atoms with van der Waals surface area (Å²) in [4.78, 5) is 34.0. The standard InChI is InChI=1S/C17H16N2O4/c1-11(15(20)19-17(18)22)23-16(21)14-9-7-13(8-10-14)12-5-3-2-4-6-12/h2-11H,1H3,(H3,18,19,20,22). The average molecular weight is 312 g/mol. The zero-order valence-corrected chi connectivity index (χ0v) is 12.5. The van der Waals surface area contributed by atoms with Gasteiger partial charge in [-0.1, -0.05) is 42.5 Å². The molecule has 1 atom stereocenters. The molecule has 0 saturated heterocycles. The number of benzene rings is 2. The van der Waals surface area contributed by atoms with Crippen molar-refractivity contribution in [3.05, 3.63) is 60.2 Å². The van der Waals surface area contributed by atoms with E-state index >= 15 is 0 Å². The van der Waals surface area contributed by atoms with Crippen molar-refractivity contribution in [2.24, 2.45) is 5.73 Å². The van der Waals surface area contributed by atoms with Gasteiger partial charge in [-0.2, -0.15) is 0 Å². The third-order valence-electron chi connectivity index (χ3n) is 3.13. The van der Waals surface area contributed by atoms with Crippen LogP contribution in [0.2, 0.25) is 0 Å². The van der Waals surface area contributed by atoms with Crippen molar-refractivity contribution >= 4 is 17.9 Å². The fourth-order valence-corrected chi connectivity index (χ4v) is 1.93. The quantitative estimate of drug-likeness (QED) is 0.844. The van der Waals surface area contributed by atoms with E-state index in [1.165, 1.54) is 6.92 Å². The van der Waals surface area contributed by atoms with Crippen LogP contribution in [-0.4, -0.2) is 24.0 Å². The van der Waals surface area contributed by atoms with Crippen molar-refractivity contribution in [3.8, 4) is 11.1 Å². The summed E-state index contributed by atoms with van der Waals surface area (Å²) >= 11 is 0. The van der Waals surface area contributed by atoms with Gasteiger partial charge in [0.25, 0.3) is 5.91 Å². The molecule has 0 saturated carbocycles. The molecule has 6 nitrogen and oxygen atoms in total.